The summed E-state index contributed by atoms with van der Waals surface area (Å²) in [6.45, 7) is 1.72. The Morgan fingerprint density at radius 1 is 1.35 bits per heavy atom. The summed E-state index contributed by atoms with van der Waals surface area (Å²) in [6.07, 6.45) is 3.99. The average molecular weight is 295 g/mol. The van der Waals surface area contributed by atoms with E-state index in [1.807, 2.05) is 7.05 Å². The Kier molecular flexibility index (Phi) is 5.22. The van der Waals surface area contributed by atoms with Crippen LogP contribution in [0.25, 0.3) is 0 Å². The Hall–Kier alpha value is -0.870. The topological polar surface area (TPSA) is 46.2 Å². The molecule has 2 rings (SSSR count). The lowest BCUT2D eigenvalue weighted by Gasteiger charge is -2.24. The lowest BCUT2D eigenvalue weighted by molar-refractivity contribution is 0.428. The van der Waals surface area contributed by atoms with Crippen LogP contribution in [0.3, 0.4) is 0 Å². The van der Waals surface area contributed by atoms with Crippen LogP contribution >= 0.6 is 0 Å². The standard InChI is InChI=1S/C16H25NO2S/c1-3-20(18,19)12-6-9-16(17-2)15-11-10-13-7-4-5-8-14(13)15/h4-5,7-8,15-17H,3,6,9-12H2,1-2H3. The van der Waals surface area contributed by atoms with E-state index in [-0.39, 0.29) is 5.75 Å². The van der Waals surface area contributed by atoms with E-state index >= 15 is 0 Å². The molecule has 0 spiro atoms. The Morgan fingerprint density at radius 3 is 2.80 bits per heavy atom. The van der Waals surface area contributed by atoms with Crippen LogP contribution in [0.1, 0.15) is 43.2 Å². The van der Waals surface area contributed by atoms with E-state index in [0.717, 1.165) is 19.3 Å². The first kappa shape index (κ1) is 15.5. The molecule has 1 aromatic rings. The van der Waals surface area contributed by atoms with Crippen molar-refractivity contribution in [3.05, 3.63) is 35.4 Å². The fourth-order valence-electron chi connectivity index (χ4n) is 3.22. The maximum atomic E-state index is 11.6. The fourth-order valence-corrected chi connectivity index (χ4v) is 4.12. The minimum absolute atomic E-state index is 0.253. The van der Waals surface area contributed by atoms with Crippen LogP contribution in [-0.2, 0) is 16.3 Å². The SMILES string of the molecule is CCS(=O)(=O)CCCC(NC)C1CCc2ccccc21. The molecule has 0 saturated heterocycles. The molecule has 0 saturated carbocycles. The molecule has 0 aliphatic heterocycles. The first-order valence-electron chi connectivity index (χ1n) is 7.53. The third-order valence-corrected chi connectivity index (χ3v) is 6.24. The summed E-state index contributed by atoms with van der Waals surface area (Å²) >= 11 is 0. The zero-order chi connectivity index (χ0) is 14.6. The molecule has 0 radical (unpaired) electrons. The summed E-state index contributed by atoms with van der Waals surface area (Å²) < 4.78 is 23.1. The molecule has 0 bridgehead atoms. The second-order valence-electron chi connectivity index (χ2n) is 5.62. The molecule has 112 valence electrons. The normalized spacial score (nSPS) is 19.8. The van der Waals surface area contributed by atoms with Gasteiger partial charge in [0.05, 0.1) is 5.75 Å². The van der Waals surface area contributed by atoms with Gasteiger partial charge in [0, 0.05) is 11.8 Å². The first-order chi connectivity index (χ1) is 9.57. The number of fused-ring (bicyclic) bond motifs is 1. The highest BCUT2D eigenvalue weighted by Gasteiger charge is 2.28. The number of likely N-dealkylation sites (N-methyl/N-ethyl adjacent to an activating group) is 1. The van der Waals surface area contributed by atoms with Crippen molar-refractivity contribution in [3.63, 3.8) is 0 Å². The number of hydrogen-bond donors (Lipinski definition) is 1. The first-order valence-corrected chi connectivity index (χ1v) is 9.35. The summed E-state index contributed by atoms with van der Waals surface area (Å²) in [6, 6.07) is 9.02. The van der Waals surface area contributed by atoms with Gasteiger partial charge in [-0.15, -0.1) is 0 Å². The summed E-state index contributed by atoms with van der Waals surface area (Å²) in [5.74, 6) is 1.10. The largest absolute Gasteiger partial charge is 0.316 e. The molecule has 0 fully saturated rings. The molecule has 20 heavy (non-hydrogen) atoms. The monoisotopic (exact) mass is 295 g/mol. The smallest absolute Gasteiger partial charge is 0.150 e. The van der Waals surface area contributed by atoms with Crippen LogP contribution < -0.4 is 5.32 Å². The van der Waals surface area contributed by atoms with Crippen molar-refractivity contribution in [3.8, 4) is 0 Å². The molecule has 1 N–H and O–H groups in total. The Balaban J connectivity index is 1.97. The van der Waals surface area contributed by atoms with Crippen molar-refractivity contribution in [1.29, 1.82) is 0 Å². The van der Waals surface area contributed by atoms with Crippen molar-refractivity contribution in [2.24, 2.45) is 0 Å². The molecule has 1 aliphatic rings. The molecule has 1 aromatic carbocycles. The van der Waals surface area contributed by atoms with Gasteiger partial charge in [0.1, 0.15) is 9.84 Å². The number of hydrogen-bond acceptors (Lipinski definition) is 3. The van der Waals surface area contributed by atoms with Crippen LogP contribution in [-0.4, -0.2) is 33.0 Å². The van der Waals surface area contributed by atoms with E-state index in [1.165, 1.54) is 17.5 Å². The van der Waals surface area contributed by atoms with E-state index in [4.69, 9.17) is 0 Å². The molecule has 0 aromatic heterocycles. The lowest BCUT2D eigenvalue weighted by Crippen LogP contribution is -2.31. The van der Waals surface area contributed by atoms with Gasteiger partial charge in [-0.1, -0.05) is 31.2 Å². The average Bonchev–Trinajstić information content (AvgIpc) is 2.87. The van der Waals surface area contributed by atoms with Crippen LogP contribution in [0, 0.1) is 0 Å². The highest BCUT2D eigenvalue weighted by molar-refractivity contribution is 7.91. The van der Waals surface area contributed by atoms with Crippen molar-refractivity contribution in [1.82, 2.24) is 5.32 Å². The van der Waals surface area contributed by atoms with Crippen LogP contribution in [0.4, 0.5) is 0 Å². The third kappa shape index (κ3) is 3.61. The third-order valence-electron chi connectivity index (χ3n) is 4.45. The number of sulfone groups is 1. The van der Waals surface area contributed by atoms with E-state index in [0.29, 0.717) is 17.7 Å². The molecule has 0 heterocycles. The maximum Gasteiger partial charge on any atom is 0.150 e. The Morgan fingerprint density at radius 2 is 2.10 bits per heavy atom. The summed E-state index contributed by atoms with van der Waals surface area (Å²) in [7, 11) is -0.849. The molecular weight excluding hydrogens is 270 g/mol. The molecular formula is C16H25NO2S. The minimum atomic E-state index is -2.84. The predicted molar refractivity (Wildman–Crippen MR) is 83.9 cm³/mol. The van der Waals surface area contributed by atoms with E-state index < -0.39 is 9.84 Å². The fraction of sp³-hybridized carbons (Fsp3) is 0.625. The van der Waals surface area contributed by atoms with Gasteiger partial charge in [0.2, 0.25) is 0 Å². The highest BCUT2D eigenvalue weighted by atomic mass is 32.2. The molecule has 3 nitrogen and oxygen atoms in total. The molecule has 4 heteroatoms. The maximum absolute atomic E-state index is 11.6. The molecule has 1 aliphatic carbocycles. The Bertz CT molecular complexity index is 539. The van der Waals surface area contributed by atoms with Gasteiger partial charge in [-0.05, 0) is 49.8 Å². The number of nitrogens with one attached hydrogen (secondary N) is 1. The van der Waals surface area contributed by atoms with Gasteiger partial charge in [-0.25, -0.2) is 8.42 Å². The predicted octanol–water partition coefficient (Wildman–Crippen LogP) is 2.52. The molecule has 0 amide bonds. The molecule has 2 unspecified atom stereocenters. The van der Waals surface area contributed by atoms with Gasteiger partial charge in [-0.3, -0.25) is 0 Å². The minimum Gasteiger partial charge on any atom is -0.316 e. The van der Waals surface area contributed by atoms with Crippen LogP contribution in [0.15, 0.2) is 24.3 Å². The highest BCUT2D eigenvalue weighted by Crippen LogP contribution is 2.36. The van der Waals surface area contributed by atoms with E-state index in [2.05, 4.69) is 29.6 Å². The van der Waals surface area contributed by atoms with Crippen LogP contribution in [0.2, 0.25) is 0 Å². The number of aryl methyl sites for hydroxylation is 1. The second kappa shape index (κ2) is 6.72. The van der Waals surface area contributed by atoms with Gasteiger partial charge >= 0.3 is 0 Å². The Labute approximate surface area is 122 Å². The van der Waals surface area contributed by atoms with Crippen molar-refractivity contribution >= 4 is 9.84 Å². The zero-order valence-electron chi connectivity index (χ0n) is 12.4. The summed E-state index contributed by atoms with van der Waals surface area (Å²) in [5, 5.41) is 3.39. The number of benzene rings is 1. The van der Waals surface area contributed by atoms with Gasteiger partial charge in [-0.2, -0.15) is 0 Å². The van der Waals surface area contributed by atoms with Gasteiger partial charge < -0.3 is 5.32 Å². The van der Waals surface area contributed by atoms with Crippen molar-refractivity contribution < 1.29 is 8.42 Å². The molecule has 2 atom stereocenters. The van der Waals surface area contributed by atoms with Crippen molar-refractivity contribution in [2.45, 2.75) is 44.6 Å². The second-order valence-corrected chi connectivity index (χ2v) is 8.09. The van der Waals surface area contributed by atoms with E-state index in [1.54, 1.807) is 6.92 Å². The van der Waals surface area contributed by atoms with E-state index in [9.17, 15) is 8.42 Å². The van der Waals surface area contributed by atoms with Gasteiger partial charge in [0.15, 0.2) is 0 Å². The summed E-state index contributed by atoms with van der Waals surface area (Å²) in [5.41, 5.74) is 2.91. The number of rotatable bonds is 7. The van der Waals surface area contributed by atoms with Crippen molar-refractivity contribution in [2.75, 3.05) is 18.6 Å². The quantitative estimate of drug-likeness (QED) is 0.841. The zero-order valence-corrected chi connectivity index (χ0v) is 13.2. The van der Waals surface area contributed by atoms with Crippen LogP contribution in [0.5, 0.6) is 0 Å². The van der Waals surface area contributed by atoms with Gasteiger partial charge in [0.25, 0.3) is 0 Å². The lowest BCUT2D eigenvalue weighted by atomic mass is 9.90. The summed E-state index contributed by atoms with van der Waals surface area (Å²) in [4.78, 5) is 0.